The number of carbonyl (C=O) groups is 4. The van der Waals surface area contributed by atoms with Crippen molar-refractivity contribution in [1.82, 2.24) is 9.55 Å². The molecule has 1 saturated heterocycles. The Morgan fingerprint density at radius 2 is 1.25 bits per heavy atom. The SMILES string of the molecule is [N-]=[N+]=N[C@]1(COC(=O)c2ccccc2)O[C@@H](n2ccc(NC(=O)c3ccccc3)nc2=O)[C@H](OC(=O)c2ccccc2)[C@@H]1OC(=O)c1ccccc1. The number of nitrogens with zero attached hydrogens (tertiary/aromatic N) is 5. The lowest BCUT2D eigenvalue weighted by Crippen LogP contribution is -2.49. The maximum absolute atomic E-state index is 13.6. The monoisotopic (exact) mass is 700 g/mol. The molecule has 0 radical (unpaired) electrons. The van der Waals surface area contributed by atoms with Crippen molar-refractivity contribution in [3.63, 3.8) is 0 Å². The minimum atomic E-state index is -2.39. The summed E-state index contributed by atoms with van der Waals surface area (Å²) < 4.78 is 24.4. The van der Waals surface area contributed by atoms with Gasteiger partial charge in [-0.3, -0.25) is 9.36 Å². The smallest absolute Gasteiger partial charge is 0.351 e. The van der Waals surface area contributed by atoms with E-state index in [1.807, 2.05) is 0 Å². The van der Waals surface area contributed by atoms with Crippen LogP contribution in [0, 0.1) is 0 Å². The zero-order valence-electron chi connectivity index (χ0n) is 27.1. The molecule has 260 valence electrons. The average Bonchev–Trinajstić information content (AvgIpc) is 3.46. The number of aromatic nitrogens is 2. The summed E-state index contributed by atoms with van der Waals surface area (Å²) in [5.41, 5.74) is 7.02. The minimum Gasteiger partial charge on any atom is -0.459 e. The van der Waals surface area contributed by atoms with Gasteiger partial charge in [-0.05, 0) is 60.1 Å². The van der Waals surface area contributed by atoms with Crippen molar-refractivity contribution >= 4 is 29.6 Å². The van der Waals surface area contributed by atoms with Gasteiger partial charge in [-0.15, -0.1) is 0 Å². The fourth-order valence-corrected chi connectivity index (χ4v) is 5.35. The Kier molecular flexibility index (Phi) is 10.5. The summed E-state index contributed by atoms with van der Waals surface area (Å²) in [4.78, 5) is 73.3. The first-order chi connectivity index (χ1) is 25.3. The van der Waals surface area contributed by atoms with Crippen LogP contribution >= 0.6 is 0 Å². The molecule has 1 aromatic heterocycles. The fraction of sp³-hybridized carbons (Fsp3) is 0.135. The summed E-state index contributed by atoms with van der Waals surface area (Å²) in [6, 6.07) is 33.0. The van der Waals surface area contributed by atoms with Crippen LogP contribution < -0.4 is 11.0 Å². The third kappa shape index (κ3) is 7.70. The van der Waals surface area contributed by atoms with Gasteiger partial charge in [-0.1, -0.05) is 77.9 Å². The topological polar surface area (TPSA) is 201 Å². The van der Waals surface area contributed by atoms with Gasteiger partial charge in [0, 0.05) is 16.7 Å². The Balaban J connectivity index is 1.41. The van der Waals surface area contributed by atoms with Crippen LogP contribution in [0.25, 0.3) is 10.4 Å². The molecule has 0 bridgehead atoms. The van der Waals surface area contributed by atoms with Crippen LogP contribution in [0.5, 0.6) is 0 Å². The molecule has 1 amide bonds. The van der Waals surface area contributed by atoms with E-state index in [1.165, 1.54) is 48.7 Å². The highest BCUT2D eigenvalue weighted by atomic mass is 16.7. The van der Waals surface area contributed by atoms with Crippen molar-refractivity contribution in [2.24, 2.45) is 5.11 Å². The number of rotatable bonds is 11. The van der Waals surface area contributed by atoms with Gasteiger partial charge >= 0.3 is 23.6 Å². The van der Waals surface area contributed by atoms with Gasteiger partial charge in [0.25, 0.3) is 5.91 Å². The van der Waals surface area contributed by atoms with E-state index in [2.05, 4.69) is 20.3 Å². The Bertz CT molecular complexity index is 2180. The number of benzene rings is 4. The maximum atomic E-state index is 13.6. The molecular formula is C37H28N6O9. The summed E-state index contributed by atoms with van der Waals surface area (Å²) in [6.07, 6.45) is -3.99. The van der Waals surface area contributed by atoms with Crippen molar-refractivity contribution in [3.8, 4) is 0 Å². The largest absolute Gasteiger partial charge is 0.459 e. The number of hydrogen-bond acceptors (Lipinski definition) is 11. The zero-order chi connectivity index (χ0) is 36.5. The predicted molar refractivity (Wildman–Crippen MR) is 183 cm³/mol. The van der Waals surface area contributed by atoms with Gasteiger partial charge in [0.15, 0.2) is 18.4 Å². The predicted octanol–water partition coefficient (Wildman–Crippen LogP) is 5.34. The first-order valence-corrected chi connectivity index (χ1v) is 15.7. The number of anilines is 1. The molecule has 0 spiro atoms. The quantitative estimate of drug-likeness (QED) is 0.0616. The number of ether oxygens (including phenoxy) is 4. The van der Waals surface area contributed by atoms with Crippen LogP contribution in [-0.4, -0.2) is 57.9 Å². The second kappa shape index (κ2) is 15.6. The standard InChI is InChI=1S/C37H28N6O9/c38-42-41-37(23-49-33(45)25-15-7-2-8-16-25)30(51-35(47)27-19-11-4-12-20-27)29(50-34(46)26-17-9-3-10-18-26)32(52-37)43-22-21-28(40-36(43)48)39-31(44)24-13-5-1-6-14-24/h1-22,29-30,32H,23H2,(H,39,40,44,48)/t29-,30+,32-,37-/m1/s1. The first-order valence-electron chi connectivity index (χ1n) is 15.7. The van der Waals surface area contributed by atoms with Crippen LogP contribution in [0.15, 0.2) is 143 Å². The van der Waals surface area contributed by atoms with E-state index in [0.29, 0.717) is 5.56 Å². The molecule has 1 aliphatic heterocycles. The maximum Gasteiger partial charge on any atom is 0.351 e. The molecule has 0 saturated carbocycles. The lowest BCUT2D eigenvalue weighted by Gasteiger charge is -2.29. The second-order valence-corrected chi connectivity index (χ2v) is 11.2. The lowest BCUT2D eigenvalue weighted by atomic mass is 10.0. The van der Waals surface area contributed by atoms with Crippen molar-refractivity contribution < 1.29 is 38.1 Å². The number of hydrogen-bond donors (Lipinski definition) is 1. The van der Waals surface area contributed by atoms with Crippen molar-refractivity contribution in [1.29, 1.82) is 0 Å². The molecule has 1 aliphatic rings. The summed E-state index contributed by atoms with van der Waals surface area (Å²) in [5.74, 6) is -3.34. The van der Waals surface area contributed by atoms with Crippen molar-refractivity contribution in [3.05, 3.63) is 177 Å². The van der Waals surface area contributed by atoms with Crippen LogP contribution in [-0.2, 0) is 18.9 Å². The fourth-order valence-electron chi connectivity index (χ4n) is 5.35. The van der Waals surface area contributed by atoms with E-state index < -0.39 is 60.3 Å². The highest BCUT2D eigenvalue weighted by Gasteiger charge is 2.61. The molecule has 0 aliphatic carbocycles. The average molecular weight is 701 g/mol. The van der Waals surface area contributed by atoms with Crippen molar-refractivity contribution in [2.75, 3.05) is 11.9 Å². The molecule has 4 atom stereocenters. The summed E-state index contributed by atoms with van der Waals surface area (Å²) in [7, 11) is 0. The third-order valence-corrected chi connectivity index (χ3v) is 7.86. The van der Waals surface area contributed by atoms with E-state index in [0.717, 1.165) is 4.57 Å². The van der Waals surface area contributed by atoms with Gasteiger partial charge < -0.3 is 24.3 Å². The van der Waals surface area contributed by atoms with Gasteiger partial charge in [0.1, 0.15) is 12.4 Å². The molecule has 15 nitrogen and oxygen atoms in total. The van der Waals surface area contributed by atoms with Gasteiger partial charge in [0.2, 0.25) is 5.72 Å². The van der Waals surface area contributed by atoms with E-state index in [9.17, 15) is 29.5 Å². The molecule has 0 unspecified atom stereocenters. The van der Waals surface area contributed by atoms with E-state index in [4.69, 9.17) is 18.9 Å². The third-order valence-electron chi connectivity index (χ3n) is 7.86. The van der Waals surface area contributed by atoms with Gasteiger partial charge in [-0.25, -0.2) is 19.2 Å². The van der Waals surface area contributed by atoms with E-state index in [-0.39, 0.29) is 22.5 Å². The van der Waals surface area contributed by atoms with Crippen molar-refractivity contribution in [2.45, 2.75) is 24.2 Å². The van der Waals surface area contributed by atoms with Crippen LogP contribution in [0.2, 0.25) is 0 Å². The number of esters is 3. The highest BCUT2D eigenvalue weighted by molar-refractivity contribution is 6.03. The van der Waals surface area contributed by atoms with Crippen LogP contribution in [0.3, 0.4) is 0 Å². The van der Waals surface area contributed by atoms with E-state index in [1.54, 1.807) is 84.9 Å². The summed E-state index contributed by atoms with van der Waals surface area (Å²) in [6.45, 7) is -0.846. The highest BCUT2D eigenvalue weighted by Crippen LogP contribution is 2.43. The molecule has 1 N–H and O–H groups in total. The number of carbonyl (C=O) groups excluding carboxylic acids is 4. The Morgan fingerprint density at radius 1 is 0.750 bits per heavy atom. The molecule has 4 aromatic carbocycles. The number of nitrogens with one attached hydrogen (secondary N) is 1. The molecule has 6 rings (SSSR count). The molecule has 2 heterocycles. The lowest BCUT2D eigenvalue weighted by molar-refractivity contribution is -0.129. The first kappa shape index (κ1) is 34.8. The van der Waals surface area contributed by atoms with Gasteiger partial charge in [-0.2, -0.15) is 4.98 Å². The number of amides is 1. The zero-order valence-corrected chi connectivity index (χ0v) is 27.1. The molecule has 52 heavy (non-hydrogen) atoms. The van der Waals surface area contributed by atoms with Gasteiger partial charge in [0.05, 0.1) is 16.7 Å². The normalized spacial score (nSPS) is 19.0. The number of azide groups is 1. The minimum absolute atomic E-state index is 0.0764. The Morgan fingerprint density at radius 3 is 1.77 bits per heavy atom. The molecule has 1 fully saturated rings. The van der Waals surface area contributed by atoms with E-state index >= 15 is 0 Å². The summed E-state index contributed by atoms with van der Waals surface area (Å²) in [5, 5.41) is 6.33. The Labute approximate surface area is 295 Å². The Hall–Kier alpha value is -7.09. The molecule has 5 aromatic rings. The second-order valence-electron chi connectivity index (χ2n) is 11.2. The summed E-state index contributed by atoms with van der Waals surface area (Å²) >= 11 is 0. The molecule has 15 heteroatoms. The molecular weight excluding hydrogens is 672 g/mol. The van der Waals surface area contributed by atoms with Crippen LogP contribution in [0.4, 0.5) is 5.82 Å². The van der Waals surface area contributed by atoms with Crippen LogP contribution in [0.1, 0.15) is 47.7 Å².